The Morgan fingerprint density at radius 2 is 1.10 bits per heavy atom. The molecule has 0 aromatic carbocycles. The molecule has 2 nitrogen and oxygen atoms in total. The predicted molar refractivity (Wildman–Crippen MR) is 35.5 cm³/mol. The number of rotatable bonds is 0. The topological polar surface area (TPSA) is 34.1 Å². The summed E-state index contributed by atoms with van der Waals surface area (Å²) in [4.78, 5) is 22.0. The van der Waals surface area contributed by atoms with Gasteiger partial charge in [-0.15, -0.1) is 0 Å². The maximum absolute atomic E-state index is 11.0. The van der Waals surface area contributed by atoms with E-state index in [4.69, 9.17) is 0 Å². The van der Waals surface area contributed by atoms with Crippen molar-refractivity contribution in [2.75, 3.05) is 0 Å². The van der Waals surface area contributed by atoms with Gasteiger partial charge in [0.05, 0.1) is 0 Å². The highest BCUT2D eigenvalue weighted by molar-refractivity contribution is 6.12. The maximum Gasteiger partial charge on any atom is 0.159 e. The zero-order valence-corrected chi connectivity index (χ0v) is 5.64. The first-order valence-electron chi connectivity index (χ1n) is 3.57. The first-order valence-corrected chi connectivity index (χ1v) is 3.57. The quantitative estimate of drug-likeness (QED) is 0.498. The van der Waals surface area contributed by atoms with Crippen molar-refractivity contribution < 1.29 is 9.59 Å². The van der Waals surface area contributed by atoms with Crippen molar-refractivity contribution in [3.8, 4) is 0 Å². The second-order valence-electron chi connectivity index (χ2n) is 2.80. The summed E-state index contributed by atoms with van der Waals surface area (Å²) in [5, 5.41) is 0. The fraction of sp³-hybridized carbons (Fsp3) is 0.500. The minimum absolute atomic E-state index is 0.209. The van der Waals surface area contributed by atoms with Crippen LogP contribution in [0.3, 0.4) is 0 Å². The molecule has 0 amide bonds. The molecule has 0 N–H and O–H groups in total. The third-order valence-electron chi connectivity index (χ3n) is 2.24. The molecule has 2 rings (SSSR count). The lowest BCUT2D eigenvalue weighted by Gasteiger charge is -1.90. The summed E-state index contributed by atoms with van der Waals surface area (Å²) in [6, 6.07) is 0. The van der Waals surface area contributed by atoms with Crippen molar-refractivity contribution in [3.63, 3.8) is 0 Å². The molecule has 0 unspecified atom stereocenters. The predicted octanol–water partition coefficient (Wildman–Crippen LogP) is 1.01. The summed E-state index contributed by atoms with van der Waals surface area (Å²) >= 11 is 0. The number of allylic oxidation sites excluding steroid dienone is 2. The third-order valence-corrected chi connectivity index (χ3v) is 2.24. The molecule has 0 aromatic heterocycles. The van der Waals surface area contributed by atoms with Gasteiger partial charge in [-0.2, -0.15) is 0 Å². The van der Waals surface area contributed by atoms with Gasteiger partial charge < -0.3 is 0 Å². The second-order valence-corrected chi connectivity index (χ2v) is 2.80. The summed E-state index contributed by atoms with van der Waals surface area (Å²) in [5.74, 6) is 0.418. The Morgan fingerprint density at radius 1 is 0.700 bits per heavy atom. The Balaban J connectivity index is 2.43. The standard InChI is InChI=1S/C8H8O2/c9-7-3-1-5-6(7)2-4-8(5)10/h1-4H2. The van der Waals surface area contributed by atoms with E-state index in [1.807, 2.05) is 0 Å². The lowest BCUT2D eigenvalue weighted by Crippen LogP contribution is -1.95. The molecule has 0 atom stereocenters. The van der Waals surface area contributed by atoms with Crippen molar-refractivity contribution in [3.05, 3.63) is 11.1 Å². The molecule has 2 heteroatoms. The first-order chi connectivity index (χ1) is 4.79. The molecule has 0 aromatic rings. The van der Waals surface area contributed by atoms with E-state index in [0.29, 0.717) is 25.7 Å². The first kappa shape index (κ1) is 5.83. The molecule has 0 heterocycles. The van der Waals surface area contributed by atoms with Crippen LogP contribution < -0.4 is 0 Å². The summed E-state index contributed by atoms with van der Waals surface area (Å²) < 4.78 is 0. The monoisotopic (exact) mass is 136 g/mol. The van der Waals surface area contributed by atoms with Gasteiger partial charge in [0.1, 0.15) is 0 Å². The van der Waals surface area contributed by atoms with E-state index < -0.39 is 0 Å². The lowest BCUT2D eigenvalue weighted by molar-refractivity contribution is -0.115. The van der Waals surface area contributed by atoms with Crippen LogP contribution in [0.5, 0.6) is 0 Å². The van der Waals surface area contributed by atoms with Crippen LogP contribution in [0, 0.1) is 0 Å². The largest absolute Gasteiger partial charge is 0.295 e. The number of Topliss-reactive ketones (excluding diaryl/α,β-unsaturated/α-hetero) is 2. The van der Waals surface area contributed by atoms with Crippen LogP contribution in [0.25, 0.3) is 0 Å². The zero-order valence-electron chi connectivity index (χ0n) is 5.64. The summed E-state index contributed by atoms with van der Waals surface area (Å²) in [6.45, 7) is 0. The lowest BCUT2D eigenvalue weighted by atomic mass is 10.1. The van der Waals surface area contributed by atoms with E-state index >= 15 is 0 Å². The Kier molecular flexibility index (Phi) is 1.04. The molecule has 2 aliphatic carbocycles. The zero-order chi connectivity index (χ0) is 7.14. The molecule has 10 heavy (non-hydrogen) atoms. The summed E-state index contributed by atoms with van der Waals surface area (Å²) in [5.41, 5.74) is 1.68. The van der Waals surface area contributed by atoms with Gasteiger partial charge in [-0.3, -0.25) is 9.59 Å². The highest BCUT2D eigenvalue weighted by Crippen LogP contribution is 2.33. The van der Waals surface area contributed by atoms with Crippen molar-refractivity contribution >= 4 is 11.6 Å². The van der Waals surface area contributed by atoms with Crippen molar-refractivity contribution in [1.29, 1.82) is 0 Å². The van der Waals surface area contributed by atoms with Gasteiger partial charge in [0, 0.05) is 24.0 Å². The molecular weight excluding hydrogens is 128 g/mol. The van der Waals surface area contributed by atoms with E-state index in [1.54, 1.807) is 0 Å². The van der Waals surface area contributed by atoms with E-state index in [9.17, 15) is 9.59 Å². The number of hydrogen-bond acceptors (Lipinski definition) is 2. The Labute approximate surface area is 58.9 Å². The second kappa shape index (κ2) is 1.78. The average molecular weight is 136 g/mol. The van der Waals surface area contributed by atoms with Gasteiger partial charge in [-0.1, -0.05) is 0 Å². The number of carbonyl (C=O) groups is 2. The van der Waals surface area contributed by atoms with Gasteiger partial charge in [0.15, 0.2) is 11.6 Å². The van der Waals surface area contributed by atoms with Crippen molar-refractivity contribution in [1.82, 2.24) is 0 Å². The van der Waals surface area contributed by atoms with E-state index in [1.165, 1.54) is 0 Å². The van der Waals surface area contributed by atoms with Crippen LogP contribution >= 0.6 is 0 Å². The highest BCUT2D eigenvalue weighted by Gasteiger charge is 2.31. The van der Waals surface area contributed by atoms with Gasteiger partial charge in [-0.05, 0) is 12.8 Å². The van der Waals surface area contributed by atoms with E-state index in [0.717, 1.165) is 11.1 Å². The minimum atomic E-state index is 0.209. The van der Waals surface area contributed by atoms with Crippen LogP contribution in [-0.2, 0) is 9.59 Å². The Bertz CT molecular complexity index is 222. The molecule has 0 radical (unpaired) electrons. The normalized spacial score (nSPS) is 24.4. The van der Waals surface area contributed by atoms with Crippen LogP contribution in [0.4, 0.5) is 0 Å². The molecular formula is C8H8O2. The smallest absolute Gasteiger partial charge is 0.159 e. The fourth-order valence-corrected chi connectivity index (χ4v) is 1.70. The third kappa shape index (κ3) is 0.589. The maximum atomic E-state index is 11.0. The van der Waals surface area contributed by atoms with E-state index in [2.05, 4.69) is 0 Å². The molecule has 0 fully saturated rings. The molecule has 0 spiro atoms. The van der Waals surface area contributed by atoms with E-state index in [-0.39, 0.29) is 11.6 Å². The number of carbonyl (C=O) groups excluding carboxylic acids is 2. The molecule has 0 saturated heterocycles. The van der Waals surface area contributed by atoms with Crippen molar-refractivity contribution in [2.24, 2.45) is 0 Å². The van der Waals surface area contributed by atoms with Gasteiger partial charge >= 0.3 is 0 Å². The van der Waals surface area contributed by atoms with Crippen LogP contribution in [-0.4, -0.2) is 11.6 Å². The van der Waals surface area contributed by atoms with Gasteiger partial charge in [0.2, 0.25) is 0 Å². The van der Waals surface area contributed by atoms with Crippen LogP contribution in [0.1, 0.15) is 25.7 Å². The van der Waals surface area contributed by atoms with Crippen LogP contribution in [0.15, 0.2) is 11.1 Å². The summed E-state index contributed by atoms with van der Waals surface area (Å²) in [7, 11) is 0. The minimum Gasteiger partial charge on any atom is -0.295 e. The molecule has 52 valence electrons. The average Bonchev–Trinajstić information content (AvgIpc) is 2.41. The molecule has 2 aliphatic rings. The Hall–Kier alpha value is -0.920. The van der Waals surface area contributed by atoms with Gasteiger partial charge in [0.25, 0.3) is 0 Å². The van der Waals surface area contributed by atoms with Gasteiger partial charge in [-0.25, -0.2) is 0 Å². The number of ketones is 2. The SMILES string of the molecule is O=C1CCC2=C1CCC2=O. The summed E-state index contributed by atoms with van der Waals surface area (Å²) in [6.07, 6.45) is 2.59. The van der Waals surface area contributed by atoms with Crippen LogP contribution in [0.2, 0.25) is 0 Å². The Morgan fingerprint density at radius 3 is 1.50 bits per heavy atom. The number of hydrogen-bond donors (Lipinski definition) is 0. The molecule has 0 aliphatic heterocycles. The highest BCUT2D eigenvalue weighted by atomic mass is 16.1. The molecule has 0 saturated carbocycles. The fourth-order valence-electron chi connectivity index (χ4n) is 1.70. The van der Waals surface area contributed by atoms with Crippen molar-refractivity contribution in [2.45, 2.75) is 25.7 Å². The molecule has 0 bridgehead atoms.